The average Bonchev–Trinajstić information content (AvgIpc) is 3.13. The zero-order chi connectivity index (χ0) is 15.7. The molecule has 2 aromatic rings. The lowest BCUT2D eigenvalue weighted by atomic mass is 10.2. The van der Waals surface area contributed by atoms with Crippen molar-refractivity contribution in [3.8, 4) is 11.5 Å². The van der Waals surface area contributed by atoms with Gasteiger partial charge in [-0.05, 0) is 12.1 Å². The Morgan fingerprint density at radius 1 is 1.23 bits per heavy atom. The summed E-state index contributed by atoms with van der Waals surface area (Å²) in [7, 11) is -3.70. The lowest BCUT2D eigenvalue weighted by Gasteiger charge is -2.05. The van der Waals surface area contributed by atoms with Crippen LogP contribution in [-0.4, -0.2) is 25.4 Å². The molecule has 1 aromatic heterocycles. The van der Waals surface area contributed by atoms with E-state index in [-0.39, 0.29) is 30.0 Å². The summed E-state index contributed by atoms with van der Waals surface area (Å²) in [4.78, 5) is 0.0837. The predicted molar refractivity (Wildman–Crippen MR) is 75.0 cm³/mol. The van der Waals surface area contributed by atoms with Crippen molar-refractivity contribution < 1.29 is 22.3 Å². The van der Waals surface area contributed by atoms with Crippen molar-refractivity contribution in [1.82, 2.24) is 14.9 Å². The number of rotatable bonds is 5. The van der Waals surface area contributed by atoms with Crippen LogP contribution in [0.2, 0.25) is 0 Å². The first kappa shape index (κ1) is 14.8. The summed E-state index contributed by atoms with van der Waals surface area (Å²) in [6.07, 6.45) is 0. The largest absolute Gasteiger partial charge is 0.454 e. The molecule has 0 fully saturated rings. The Labute approximate surface area is 127 Å². The fourth-order valence-electron chi connectivity index (χ4n) is 1.86. The van der Waals surface area contributed by atoms with Crippen LogP contribution in [0.5, 0.6) is 11.5 Å². The highest BCUT2D eigenvalue weighted by Crippen LogP contribution is 2.33. The SMILES string of the molecule is CC(C)c1nnc(CNS(=O)(=O)c2ccc3c(c2)OCO3)o1. The van der Waals surface area contributed by atoms with E-state index in [0.717, 1.165) is 0 Å². The smallest absolute Gasteiger partial charge is 0.241 e. The third-order valence-corrected chi connectivity index (χ3v) is 4.44. The maximum Gasteiger partial charge on any atom is 0.241 e. The van der Waals surface area contributed by atoms with Crippen LogP contribution in [0.25, 0.3) is 0 Å². The Morgan fingerprint density at radius 3 is 2.73 bits per heavy atom. The van der Waals surface area contributed by atoms with E-state index in [0.29, 0.717) is 17.4 Å². The van der Waals surface area contributed by atoms with E-state index in [1.54, 1.807) is 6.07 Å². The van der Waals surface area contributed by atoms with Crippen molar-refractivity contribution in [3.05, 3.63) is 30.0 Å². The number of sulfonamides is 1. The average molecular weight is 325 g/mol. The summed E-state index contributed by atoms with van der Waals surface area (Å²) in [6.45, 7) is 3.84. The molecule has 0 amide bonds. The van der Waals surface area contributed by atoms with Gasteiger partial charge in [0.1, 0.15) is 0 Å². The number of nitrogens with zero attached hydrogens (tertiary/aromatic N) is 2. The number of nitrogens with one attached hydrogen (secondary N) is 1. The van der Waals surface area contributed by atoms with Crippen LogP contribution >= 0.6 is 0 Å². The molecule has 8 nitrogen and oxygen atoms in total. The van der Waals surface area contributed by atoms with Crippen LogP contribution in [0.3, 0.4) is 0 Å². The number of aromatic nitrogens is 2. The van der Waals surface area contributed by atoms with Gasteiger partial charge in [0.25, 0.3) is 0 Å². The summed E-state index contributed by atoms with van der Waals surface area (Å²) in [5.41, 5.74) is 0. The third-order valence-electron chi connectivity index (χ3n) is 3.04. The second-order valence-electron chi connectivity index (χ2n) is 5.03. The predicted octanol–water partition coefficient (Wildman–Crippen LogP) is 1.40. The van der Waals surface area contributed by atoms with Crippen molar-refractivity contribution in [1.29, 1.82) is 0 Å². The molecule has 0 saturated heterocycles. The number of hydrogen-bond acceptors (Lipinski definition) is 7. The normalized spacial score (nSPS) is 13.8. The monoisotopic (exact) mass is 325 g/mol. The standard InChI is InChI=1S/C13H15N3O5S/c1-8(2)13-16-15-12(21-13)6-14-22(17,18)9-3-4-10-11(5-9)20-7-19-10/h3-5,8,14H,6-7H2,1-2H3. The molecule has 2 heterocycles. The Morgan fingerprint density at radius 2 is 2.00 bits per heavy atom. The summed E-state index contributed by atoms with van der Waals surface area (Å²) >= 11 is 0. The molecule has 0 saturated carbocycles. The highest BCUT2D eigenvalue weighted by Gasteiger charge is 2.21. The molecule has 3 rings (SSSR count). The zero-order valence-electron chi connectivity index (χ0n) is 12.1. The molecular weight excluding hydrogens is 310 g/mol. The van der Waals surface area contributed by atoms with Gasteiger partial charge < -0.3 is 13.9 Å². The molecule has 1 aliphatic rings. The molecule has 0 radical (unpaired) electrons. The van der Waals surface area contributed by atoms with E-state index < -0.39 is 10.0 Å². The summed E-state index contributed by atoms with van der Waals surface area (Å²) in [5, 5.41) is 7.65. The van der Waals surface area contributed by atoms with E-state index in [9.17, 15) is 8.42 Å². The molecule has 1 aliphatic heterocycles. The lowest BCUT2D eigenvalue weighted by Crippen LogP contribution is -2.23. The van der Waals surface area contributed by atoms with Crippen molar-refractivity contribution in [3.63, 3.8) is 0 Å². The topological polar surface area (TPSA) is 104 Å². The highest BCUT2D eigenvalue weighted by molar-refractivity contribution is 7.89. The van der Waals surface area contributed by atoms with Gasteiger partial charge in [0.15, 0.2) is 11.5 Å². The van der Waals surface area contributed by atoms with E-state index >= 15 is 0 Å². The minimum atomic E-state index is -3.70. The van der Waals surface area contributed by atoms with Gasteiger partial charge in [-0.1, -0.05) is 13.8 Å². The molecule has 0 aliphatic carbocycles. The molecule has 9 heteroatoms. The fraction of sp³-hybridized carbons (Fsp3) is 0.385. The van der Waals surface area contributed by atoms with Gasteiger partial charge in [-0.25, -0.2) is 13.1 Å². The molecule has 0 spiro atoms. The van der Waals surface area contributed by atoms with E-state index in [1.165, 1.54) is 12.1 Å². The van der Waals surface area contributed by atoms with Crippen molar-refractivity contribution in [2.75, 3.05) is 6.79 Å². The van der Waals surface area contributed by atoms with Crippen molar-refractivity contribution in [2.24, 2.45) is 0 Å². The number of fused-ring (bicyclic) bond motifs is 1. The van der Waals surface area contributed by atoms with Gasteiger partial charge in [0.05, 0.1) is 11.4 Å². The van der Waals surface area contributed by atoms with Crippen LogP contribution in [0, 0.1) is 0 Å². The summed E-state index contributed by atoms with van der Waals surface area (Å²) < 4.78 is 42.6. The van der Waals surface area contributed by atoms with Crippen molar-refractivity contribution >= 4 is 10.0 Å². The maximum atomic E-state index is 12.2. The molecule has 118 valence electrons. The Bertz CT molecular complexity index is 785. The molecule has 0 unspecified atom stereocenters. The molecule has 1 N–H and O–H groups in total. The van der Waals surface area contributed by atoms with E-state index in [1.807, 2.05) is 13.8 Å². The van der Waals surface area contributed by atoms with Gasteiger partial charge in [-0.15, -0.1) is 10.2 Å². The van der Waals surface area contributed by atoms with Gasteiger partial charge >= 0.3 is 0 Å². The second-order valence-corrected chi connectivity index (χ2v) is 6.80. The zero-order valence-corrected chi connectivity index (χ0v) is 12.9. The molecule has 22 heavy (non-hydrogen) atoms. The first-order chi connectivity index (χ1) is 10.5. The molecule has 0 atom stereocenters. The van der Waals surface area contributed by atoms with Crippen LogP contribution in [-0.2, 0) is 16.6 Å². The van der Waals surface area contributed by atoms with Crippen LogP contribution in [0.15, 0.2) is 27.5 Å². The molecule has 0 bridgehead atoms. The van der Waals surface area contributed by atoms with Gasteiger partial charge in [0, 0.05) is 12.0 Å². The molecular formula is C13H15N3O5S. The Hall–Kier alpha value is -2.13. The summed E-state index contributed by atoms with van der Waals surface area (Å²) in [5.74, 6) is 1.71. The van der Waals surface area contributed by atoms with E-state index in [4.69, 9.17) is 13.9 Å². The van der Waals surface area contributed by atoms with Crippen LogP contribution < -0.4 is 14.2 Å². The first-order valence-electron chi connectivity index (χ1n) is 6.67. The Balaban J connectivity index is 1.73. The number of hydrogen-bond donors (Lipinski definition) is 1. The fourth-order valence-corrected chi connectivity index (χ4v) is 2.84. The quantitative estimate of drug-likeness (QED) is 0.886. The van der Waals surface area contributed by atoms with Crippen LogP contribution in [0.1, 0.15) is 31.5 Å². The Kier molecular flexibility index (Phi) is 3.75. The second kappa shape index (κ2) is 5.58. The van der Waals surface area contributed by atoms with Crippen molar-refractivity contribution in [2.45, 2.75) is 31.2 Å². The number of ether oxygens (including phenoxy) is 2. The highest BCUT2D eigenvalue weighted by atomic mass is 32.2. The first-order valence-corrected chi connectivity index (χ1v) is 8.15. The molecule has 1 aromatic carbocycles. The third kappa shape index (κ3) is 2.90. The van der Waals surface area contributed by atoms with Gasteiger partial charge in [-0.3, -0.25) is 0 Å². The van der Waals surface area contributed by atoms with Gasteiger partial charge in [0.2, 0.25) is 28.6 Å². The van der Waals surface area contributed by atoms with E-state index in [2.05, 4.69) is 14.9 Å². The maximum absolute atomic E-state index is 12.2. The summed E-state index contributed by atoms with van der Waals surface area (Å²) in [6, 6.07) is 4.42. The van der Waals surface area contributed by atoms with Gasteiger partial charge in [-0.2, -0.15) is 0 Å². The minimum absolute atomic E-state index is 0.0729. The minimum Gasteiger partial charge on any atom is -0.454 e. The number of benzene rings is 1. The van der Waals surface area contributed by atoms with Crippen LogP contribution in [0.4, 0.5) is 0 Å². The lowest BCUT2D eigenvalue weighted by molar-refractivity contribution is 0.174.